The predicted octanol–water partition coefficient (Wildman–Crippen LogP) is 2.64. The van der Waals surface area contributed by atoms with E-state index >= 15 is 0 Å². The van der Waals surface area contributed by atoms with Gasteiger partial charge in [0.25, 0.3) is 0 Å². The Labute approximate surface area is 127 Å². The van der Waals surface area contributed by atoms with E-state index in [0.717, 1.165) is 43.5 Å². The van der Waals surface area contributed by atoms with Crippen LogP contribution in [0.1, 0.15) is 37.7 Å². The normalized spacial score (nSPS) is 17.9. The molecule has 0 aliphatic carbocycles. The van der Waals surface area contributed by atoms with Crippen LogP contribution in [0, 0.1) is 6.92 Å². The third-order valence-corrected chi connectivity index (χ3v) is 4.00. The second-order valence-corrected chi connectivity index (χ2v) is 5.65. The third kappa shape index (κ3) is 4.55. The molecule has 21 heavy (non-hydrogen) atoms. The number of anilines is 1. The molecular weight excluding hydrogens is 264 g/mol. The first kappa shape index (κ1) is 16.0. The number of para-hydroxylation sites is 1. The maximum atomic E-state index is 12.6. The topological polar surface area (TPSA) is 55.6 Å². The average Bonchev–Trinajstić information content (AvgIpc) is 3.00. The summed E-state index contributed by atoms with van der Waals surface area (Å²) in [4.78, 5) is 14.5. The molecule has 0 saturated carbocycles. The van der Waals surface area contributed by atoms with E-state index in [0.29, 0.717) is 19.5 Å². The molecule has 0 radical (unpaired) electrons. The van der Waals surface area contributed by atoms with Gasteiger partial charge in [-0.2, -0.15) is 0 Å². The van der Waals surface area contributed by atoms with E-state index in [4.69, 9.17) is 10.5 Å². The minimum atomic E-state index is 0.174. The molecule has 1 aliphatic heterocycles. The van der Waals surface area contributed by atoms with Crippen LogP contribution in [0.25, 0.3) is 0 Å². The number of amides is 1. The Morgan fingerprint density at radius 2 is 2.24 bits per heavy atom. The minimum absolute atomic E-state index is 0.174. The third-order valence-electron chi connectivity index (χ3n) is 4.00. The van der Waals surface area contributed by atoms with Crippen LogP contribution in [0.15, 0.2) is 24.3 Å². The van der Waals surface area contributed by atoms with E-state index < -0.39 is 0 Å². The van der Waals surface area contributed by atoms with Crippen LogP contribution in [0.4, 0.5) is 5.69 Å². The van der Waals surface area contributed by atoms with Crippen LogP contribution in [0.2, 0.25) is 0 Å². The van der Waals surface area contributed by atoms with Crippen molar-refractivity contribution in [3.63, 3.8) is 0 Å². The molecule has 2 N–H and O–H groups in total. The van der Waals surface area contributed by atoms with Crippen molar-refractivity contribution in [3.8, 4) is 0 Å². The van der Waals surface area contributed by atoms with Crippen LogP contribution in [0.5, 0.6) is 0 Å². The van der Waals surface area contributed by atoms with Gasteiger partial charge in [-0.1, -0.05) is 18.2 Å². The first-order valence-electron chi connectivity index (χ1n) is 7.90. The molecule has 1 heterocycles. The fourth-order valence-corrected chi connectivity index (χ4v) is 2.79. The van der Waals surface area contributed by atoms with Gasteiger partial charge < -0.3 is 15.4 Å². The number of aryl methyl sites for hydroxylation is 1. The van der Waals surface area contributed by atoms with Gasteiger partial charge in [-0.3, -0.25) is 4.79 Å². The first-order chi connectivity index (χ1) is 10.2. The molecule has 2 rings (SSSR count). The minimum Gasteiger partial charge on any atom is -0.378 e. The van der Waals surface area contributed by atoms with E-state index in [1.165, 1.54) is 0 Å². The van der Waals surface area contributed by atoms with E-state index in [-0.39, 0.29) is 12.0 Å². The van der Waals surface area contributed by atoms with Gasteiger partial charge in [0.2, 0.25) is 5.91 Å². The smallest absolute Gasteiger partial charge is 0.227 e. The Morgan fingerprint density at radius 1 is 1.43 bits per heavy atom. The maximum Gasteiger partial charge on any atom is 0.227 e. The summed E-state index contributed by atoms with van der Waals surface area (Å²) in [5, 5.41) is 0. The summed E-state index contributed by atoms with van der Waals surface area (Å²) in [5.74, 6) is 0.174. The molecule has 4 heteroatoms. The number of nitrogens with zero attached hydrogens (tertiary/aromatic N) is 1. The Balaban J connectivity index is 2.00. The molecule has 0 spiro atoms. The van der Waals surface area contributed by atoms with Gasteiger partial charge in [0.1, 0.15) is 0 Å². The molecule has 116 valence electrons. The van der Waals surface area contributed by atoms with Crippen LogP contribution in [0.3, 0.4) is 0 Å². The van der Waals surface area contributed by atoms with Gasteiger partial charge in [0.05, 0.1) is 6.10 Å². The lowest BCUT2D eigenvalue weighted by Gasteiger charge is -2.25. The summed E-state index contributed by atoms with van der Waals surface area (Å²) in [7, 11) is 0. The molecule has 1 aromatic rings. The lowest BCUT2D eigenvalue weighted by molar-refractivity contribution is -0.119. The zero-order valence-electron chi connectivity index (χ0n) is 12.9. The largest absolute Gasteiger partial charge is 0.378 e. The monoisotopic (exact) mass is 290 g/mol. The number of carbonyl (C=O) groups excluding carboxylic acids is 1. The average molecular weight is 290 g/mol. The van der Waals surface area contributed by atoms with E-state index in [2.05, 4.69) is 0 Å². The van der Waals surface area contributed by atoms with Crippen molar-refractivity contribution in [2.45, 2.75) is 45.1 Å². The molecule has 1 fully saturated rings. The van der Waals surface area contributed by atoms with E-state index in [9.17, 15) is 4.79 Å². The highest BCUT2D eigenvalue weighted by Gasteiger charge is 2.21. The Bertz CT molecular complexity index is 456. The molecular formula is C17H26N2O2. The van der Waals surface area contributed by atoms with E-state index in [1.807, 2.05) is 36.1 Å². The van der Waals surface area contributed by atoms with Crippen molar-refractivity contribution in [3.05, 3.63) is 29.8 Å². The fraction of sp³-hybridized carbons (Fsp3) is 0.588. The highest BCUT2D eigenvalue weighted by atomic mass is 16.5. The SMILES string of the molecule is Cc1ccccc1N(CCCN)C(=O)CCC1CCCO1. The molecule has 1 aliphatic rings. The van der Waals surface area contributed by atoms with Crippen molar-refractivity contribution in [2.24, 2.45) is 5.73 Å². The zero-order valence-corrected chi connectivity index (χ0v) is 12.9. The molecule has 1 atom stereocenters. The highest BCUT2D eigenvalue weighted by molar-refractivity contribution is 5.94. The van der Waals surface area contributed by atoms with Gasteiger partial charge in [-0.25, -0.2) is 0 Å². The number of benzene rings is 1. The number of hydrogen-bond donors (Lipinski definition) is 1. The van der Waals surface area contributed by atoms with Crippen molar-refractivity contribution >= 4 is 11.6 Å². The van der Waals surface area contributed by atoms with Crippen molar-refractivity contribution in [1.82, 2.24) is 0 Å². The summed E-state index contributed by atoms with van der Waals surface area (Å²) >= 11 is 0. The van der Waals surface area contributed by atoms with Gasteiger partial charge in [0.15, 0.2) is 0 Å². The second kappa shape index (κ2) is 8.15. The number of ether oxygens (including phenoxy) is 1. The van der Waals surface area contributed by atoms with Gasteiger partial charge >= 0.3 is 0 Å². The molecule has 1 aromatic carbocycles. The van der Waals surface area contributed by atoms with Crippen molar-refractivity contribution in [1.29, 1.82) is 0 Å². The summed E-state index contributed by atoms with van der Waals surface area (Å²) < 4.78 is 5.60. The Morgan fingerprint density at radius 3 is 2.90 bits per heavy atom. The quantitative estimate of drug-likeness (QED) is 0.840. The van der Waals surface area contributed by atoms with E-state index in [1.54, 1.807) is 0 Å². The van der Waals surface area contributed by atoms with Crippen LogP contribution < -0.4 is 10.6 Å². The second-order valence-electron chi connectivity index (χ2n) is 5.65. The van der Waals surface area contributed by atoms with Gasteiger partial charge in [0, 0.05) is 25.3 Å². The van der Waals surface area contributed by atoms with Gasteiger partial charge in [-0.05, 0) is 50.8 Å². The van der Waals surface area contributed by atoms with Gasteiger partial charge in [-0.15, -0.1) is 0 Å². The van der Waals surface area contributed by atoms with Crippen molar-refractivity contribution in [2.75, 3.05) is 24.6 Å². The zero-order chi connectivity index (χ0) is 15.1. The standard InChI is InChI=1S/C17H26N2O2/c1-14-6-2-3-8-16(14)19(12-5-11-18)17(20)10-9-15-7-4-13-21-15/h2-3,6,8,15H,4-5,7,9-13,18H2,1H3. The number of nitrogens with two attached hydrogens (primary N) is 1. The van der Waals surface area contributed by atoms with Crippen LogP contribution in [-0.2, 0) is 9.53 Å². The first-order valence-corrected chi connectivity index (χ1v) is 7.90. The summed E-state index contributed by atoms with van der Waals surface area (Å²) in [6.07, 6.45) is 4.66. The Kier molecular flexibility index (Phi) is 6.21. The predicted molar refractivity (Wildman–Crippen MR) is 85.4 cm³/mol. The molecule has 1 unspecified atom stereocenters. The highest BCUT2D eigenvalue weighted by Crippen LogP contribution is 2.22. The fourth-order valence-electron chi connectivity index (χ4n) is 2.79. The van der Waals surface area contributed by atoms with Crippen LogP contribution >= 0.6 is 0 Å². The Hall–Kier alpha value is -1.39. The summed E-state index contributed by atoms with van der Waals surface area (Å²) in [6, 6.07) is 8.02. The van der Waals surface area contributed by atoms with Crippen molar-refractivity contribution < 1.29 is 9.53 Å². The maximum absolute atomic E-state index is 12.6. The summed E-state index contributed by atoms with van der Waals surface area (Å²) in [5.41, 5.74) is 7.74. The lowest BCUT2D eigenvalue weighted by atomic mass is 10.1. The van der Waals surface area contributed by atoms with Crippen LogP contribution in [-0.4, -0.2) is 31.7 Å². The lowest BCUT2D eigenvalue weighted by Crippen LogP contribution is -2.33. The molecule has 0 bridgehead atoms. The molecule has 1 amide bonds. The summed E-state index contributed by atoms with van der Waals surface area (Å²) in [6.45, 7) is 4.17. The molecule has 4 nitrogen and oxygen atoms in total. The number of hydrogen-bond acceptors (Lipinski definition) is 3. The molecule has 1 saturated heterocycles. The number of rotatable bonds is 7. The molecule has 0 aromatic heterocycles. The number of carbonyl (C=O) groups is 1.